The molecular formula is C41H53N5O6. The third-order valence-electron chi connectivity index (χ3n) is 12.3. The first-order valence-electron chi connectivity index (χ1n) is 18.7. The molecule has 3 aliphatic heterocycles. The Morgan fingerprint density at radius 2 is 1.42 bits per heavy atom. The number of nitrogens with zero attached hydrogens (tertiary/aromatic N) is 5. The Morgan fingerprint density at radius 1 is 0.808 bits per heavy atom. The van der Waals surface area contributed by atoms with Crippen LogP contribution in [-0.2, 0) is 28.0 Å². The average Bonchev–Trinajstić information content (AvgIpc) is 3.19. The van der Waals surface area contributed by atoms with Gasteiger partial charge in [0.1, 0.15) is 0 Å². The zero-order valence-corrected chi connectivity index (χ0v) is 31.5. The van der Waals surface area contributed by atoms with E-state index >= 15 is 0 Å². The topological polar surface area (TPSA) is 96.9 Å². The summed E-state index contributed by atoms with van der Waals surface area (Å²) in [5, 5.41) is 0. The van der Waals surface area contributed by atoms with Crippen molar-refractivity contribution in [1.29, 1.82) is 0 Å². The lowest BCUT2D eigenvalue weighted by atomic mass is 9.58. The number of methoxy groups -OCH3 is 4. The zero-order valence-electron chi connectivity index (χ0n) is 31.5. The molecule has 4 aliphatic rings. The first-order valence-corrected chi connectivity index (χ1v) is 18.7. The third kappa shape index (κ3) is 6.10. The average molecular weight is 712 g/mol. The van der Waals surface area contributed by atoms with Gasteiger partial charge in [-0.1, -0.05) is 6.92 Å². The Bertz CT molecular complexity index is 1780. The molecule has 1 saturated heterocycles. The van der Waals surface area contributed by atoms with Crippen LogP contribution in [0.5, 0.6) is 23.0 Å². The van der Waals surface area contributed by atoms with Gasteiger partial charge in [-0.05, 0) is 97.3 Å². The number of hydrogen-bond acceptors (Lipinski definition) is 9. The Morgan fingerprint density at radius 3 is 2.06 bits per heavy atom. The van der Waals surface area contributed by atoms with Gasteiger partial charge in [0, 0.05) is 82.2 Å². The van der Waals surface area contributed by atoms with Crippen LogP contribution < -0.4 is 23.8 Å². The summed E-state index contributed by atoms with van der Waals surface area (Å²) in [6.45, 7) is 9.13. The van der Waals surface area contributed by atoms with Crippen molar-refractivity contribution >= 4 is 17.5 Å². The molecule has 11 nitrogen and oxygen atoms in total. The van der Waals surface area contributed by atoms with E-state index in [0.29, 0.717) is 61.9 Å². The fraction of sp³-hybridized carbons (Fsp3) is 0.537. The highest BCUT2D eigenvalue weighted by Crippen LogP contribution is 2.59. The molecule has 4 heterocycles. The van der Waals surface area contributed by atoms with Crippen molar-refractivity contribution in [2.45, 2.75) is 57.5 Å². The summed E-state index contributed by atoms with van der Waals surface area (Å²) in [5.74, 6) is 2.73. The molecule has 3 aromatic rings. The minimum Gasteiger partial charge on any atom is -0.493 e. The van der Waals surface area contributed by atoms with Crippen LogP contribution in [0, 0.1) is 11.8 Å². The summed E-state index contributed by atoms with van der Waals surface area (Å²) in [4.78, 5) is 41.8. The van der Waals surface area contributed by atoms with Crippen molar-refractivity contribution in [3.05, 3.63) is 71.0 Å². The maximum Gasteiger partial charge on any atom is 0.225 e. The Labute approximate surface area is 307 Å². The summed E-state index contributed by atoms with van der Waals surface area (Å²) in [6.07, 6.45) is 7.24. The SMILES string of the molecule is CCN1CCc2cc(OC)c(OC)cc2[C@H]1[C@@H]1C[C@@H](C(=O)N2CCN(c3ccncc3)CC2)CC[C@]12c1cc(OC)c(OC)cc1CCN2C(C)=O. The number of amides is 2. The van der Waals surface area contributed by atoms with Gasteiger partial charge < -0.3 is 33.6 Å². The number of ether oxygens (including phenoxy) is 4. The van der Waals surface area contributed by atoms with E-state index in [9.17, 15) is 9.59 Å². The molecule has 4 atom stereocenters. The molecule has 1 aliphatic carbocycles. The Balaban J connectivity index is 1.34. The predicted octanol–water partition coefficient (Wildman–Crippen LogP) is 5.10. The second-order valence-electron chi connectivity index (χ2n) is 14.5. The van der Waals surface area contributed by atoms with Crippen molar-refractivity contribution < 1.29 is 28.5 Å². The number of aromatic nitrogens is 1. The van der Waals surface area contributed by atoms with Gasteiger partial charge in [-0.25, -0.2) is 0 Å². The quantitative estimate of drug-likeness (QED) is 0.316. The highest BCUT2D eigenvalue weighted by molar-refractivity contribution is 5.80. The maximum absolute atomic E-state index is 14.7. The van der Waals surface area contributed by atoms with E-state index in [-0.39, 0.29) is 29.7 Å². The van der Waals surface area contributed by atoms with Crippen molar-refractivity contribution in [3.63, 3.8) is 0 Å². The van der Waals surface area contributed by atoms with Gasteiger partial charge in [0.15, 0.2) is 23.0 Å². The molecule has 11 heteroatoms. The second-order valence-corrected chi connectivity index (χ2v) is 14.5. The molecule has 2 aromatic carbocycles. The maximum atomic E-state index is 14.7. The van der Waals surface area contributed by atoms with Crippen molar-refractivity contribution in [2.24, 2.45) is 11.8 Å². The molecular weight excluding hydrogens is 658 g/mol. The van der Waals surface area contributed by atoms with Gasteiger partial charge in [-0.2, -0.15) is 0 Å². The van der Waals surface area contributed by atoms with Crippen LogP contribution in [0.2, 0.25) is 0 Å². The van der Waals surface area contributed by atoms with Crippen LogP contribution in [0.1, 0.15) is 61.4 Å². The molecule has 0 N–H and O–H groups in total. The fourth-order valence-electron chi connectivity index (χ4n) is 9.88. The predicted molar refractivity (Wildman–Crippen MR) is 199 cm³/mol. The molecule has 278 valence electrons. The van der Waals surface area contributed by atoms with Crippen LogP contribution in [0.15, 0.2) is 48.8 Å². The van der Waals surface area contributed by atoms with Gasteiger partial charge in [0.2, 0.25) is 11.8 Å². The number of fused-ring (bicyclic) bond motifs is 3. The lowest BCUT2D eigenvalue weighted by molar-refractivity contribution is -0.151. The summed E-state index contributed by atoms with van der Waals surface area (Å²) in [6, 6.07) is 12.5. The van der Waals surface area contributed by atoms with E-state index in [1.165, 1.54) is 16.7 Å². The van der Waals surface area contributed by atoms with Crippen LogP contribution in [-0.4, -0.2) is 106 Å². The number of carbonyl (C=O) groups excluding carboxylic acids is 2. The normalized spacial score (nSPS) is 24.6. The first-order chi connectivity index (χ1) is 25.3. The molecule has 2 amide bonds. The van der Waals surface area contributed by atoms with Gasteiger partial charge >= 0.3 is 0 Å². The Hall–Kier alpha value is -4.51. The molecule has 0 bridgehead atoms. The summed E-state index contributed by atoms with van der Waals surface area (Å²) in [7, 11) is 6.69. The lowest BCUT2D eigenvalue weighted by Crippen LogP contribution is -2.62. The number of likely N-dealkylation sites (N-methyl/N-ethyl adjacent to an activating group) is 1. The van der Waals surface area contributed by atoms with Crippen molar-refractivity contribution in [3.8, 4) is 23.0 Å². The van der Waals surface area contributed by atoms with Crippen LogP contribution in [0.25, 0.3) is 0 Å². The van der Waals surface area contributed by atoms with Crippen LogP contribution in [0.3, 0.4) is 0 Å². The lowest BCUT2D eigenvalue weighted by Gasteiger charge is -2.59. The van der Waals surface area contributed by atoms with Crippen LogP contribution in [0.4, 0.5) is 5.69 Å². The smallest absolute Gasteiger partial charge is 0.225 e. The Kier molecular flexibility index (Phi) is 10.2. The molecule has 2 fully saturated rings. The number of piperazine rings is 1. The van der Waals surface area contributed by atoms with E-state index in [4.69, 9.17) is 18.9 Å². The second kappa shape index (κ2) is 14.8. The molecule has 1 spiro atoms. The third-order valence-corrected chi connectivity index (χ3v) is 12.3. The number of benzene rings is 2. The minimum absolute atomic E-state index is 0.0499. The minimum atomic E-state index is -0.671. The standard InChI is InChI=1S/C41H53N5O6/c1-7-43-16-11-28-23-35(49-3)37(51-5)25-32(28)39(43)34-22-30(40(48)45-20-18-44(19-21-45)31-9-14-42-15-10-31)8-13-41(34)33-26-38(52-6)36(50-4)24-29(33)12-17-46(41)27(2)47/h9-10,14-15,23-26,30,34,39H,7-8,11-13,16-22H2,1-6H3/t30-,34-,39-,41-/m0/s1. The molecule has 0 radical (unpaired) electrons. The molecule has 1 aromatic heterocycles. The van der Waals surface area contributed by atoms with Crippen LogP contribution >= 0.6 is 0 Å². The summed E-state index contributed by atoms with van der Waals surface area (Å²) >= 11 is 0. The fourth-order valence-corrected chi connectivity index (χ4v) is 9.88. The van der Waals surface area contributed by atoms with Gasteiger partial charge in [-0.15, -0.1) is 0 Å². The summed E-state index contributed by atoms with van der Waals surface area (Å²) in [5.41, 5.74) is 5.15. The van der Waals surface area contributed by atoms with Gasteiger partial charge in [0.25, 0.3) is 0 Å². The zero-order chi connectivity index (χ0) is 36.6. The number of pyridine rings is 1. The van der Waals surface area contributed by atoms with E-state index in [1.54, 1.807) is 35.4 Å². The van der Waals surface area contributed by atoms with Crippen molar-refractivity contribution in [1.82, 2.24) is 19.7 Å². The van der Waals surface area contributed by atoms with Crippen molar-refractivity contribution in [2.75, 3.05) is 79.2 Å². The number of anilines is 1. The highest BCUT2D eigenvalue weighted by atomic mass is 16.5. The molecule has 52 heavy (non-hydrogen) atoms. The molecule has 0 unspecified atom stereocenters. The number of rotatable bonds is 8. The highest BCUT2D eigenvalue weighted by Gasteiger charge is 2.57. The molecule has 1 saturated carbocycles. The van der Waals surface area contributed by atoms with Gasteiger partial charge in [0.05, 0.1) is 34.0 Å². The monoisotopic (exact) mass is 711 g/mol. The first kappa shape index (κ1) is 35.9. The number of hydrogen-bond donors (Lipinski definition) is 0. The van der Waals surface area contributed by atoms with E-state index in [0.717, 1.165) is 50.3 Å². The number of carbonyl (C=O) groups is 2. The van der Waals surface area contributed by atoms with E-state index < -0.39 is 5.54 Å². The molecule has 7 rings (SSSR count). The largest absolute Gasteiger partial charge is 0.493 e. The van der Waals surface area contributed by atoms with E-state index in [2.05, 4.69) is 55.8 Å². The van der Waals surface area contributed by atoms with Gasteiger partial charge in [-0.3, -0.25) is 19.5 Å². The van der Waals surface area contributed by atoms with E-state index in [1.807, 2.05) is 24.5 Å². The summed E-state index contributed by atoms with van der Waals surface area (Å²) < 4.78 is 23.3.